The van der Waals surface area contributed by atoms with Crippen LogP contribution >= 0.6 is 11.8 Å². The van der Waals surface area contributed by atoms with Gasteiger partial charge in [-0.1, -0.05) is 13.8 Å². The molecule has 0 spiro atoms. The molecule has 1 aromatic rings. The molecule has 118 valence electrons. The average molecular weight is 309 g/mol. The highest BCUT2D eigenvalue weighted by Gasteiger charge is 2.19. The highest BCUT2D eigenvalue weighted by atomic mass is 32.2. The van der Waals surface area contributed by atoms with E-state index >= 15 is 0 Å². The minimum atomic E-state index is 0.567. The number of methoxy groups -OCH3 is 2. The maximum absolute atomic E-state index is 5.61. The third kappa shape index (κ3) is 4.55. The molecule has 2 rings (SSSR count). The number of ether oxygens (including phenoxy) is 2. The minimum Gasteiger partial charge on any atom is -0.496 e. The lowest BCUT2D eigenvalue weighted by molar-refractivity contribution is 0.388. The van der Waals surface area contributed by atoms with Crippen molar-refractivity contribution in [1.29, 1.82) is 0 Å². The Balaban J connectivity index is 2.19. The van der Waals surface area contributed by atoms with Crippen LogP contribution in [0.1, 0.15) is 32.3 Å². The summed E-state index contributed by atoms with van der Waals surface area (Å²) in [6.07, 6.45) is 3.52. The molecule has 1 aliphatic heterocycles. The van der Waals surface area contributed by atoms with E-state index in [2.05, 4.69) is 31.3 Å². The zero-order chi connectivity index (χ0) is 15.2. The van der Waals surface area contributed by atoms with Crippen molar-refractivity contribution in [2.24, 2.45) is 5.92 Å². The van der Waals surface area contributed by atoms with Crippen LogP contribution in [0.5, 0.6) is 11.5 Å². The molecule has 0 saturated carbocycles. The van der Waals surface area contributed by atoms with Crippen LogP contribution in [0, 0.1) is 5.92 Å². The van der Waals surface area contributed by atoms with Crippen molar-refractivity contribution in [3.63, 3.8) is 0 Å². The summed E-state index contributed by atoms with van der Waals surface area (Å²) < 4.78 is 11.2. The van der Waals surface area contributed by atoms with Gasteiger partial charge in [0.25, 0.3) is 0 Å². The van der Waals surface area contributed by atoms with E-state index in [0.717, 1.165) is 30.2 Å². The molecular formula is C17H27NO2S. The zero-order valence-electron chi connectivity index (χ0n) is 13.6. The number of nitrogens with one attached hydrogen (secondary N) is 1. The quantitative estimate of drug-likeness (QED) is 0.777. The first-order chi connectivity index (χ1) is 10.1. The summed E-state index contributed by atoms with van der Waals surface area (Å²) in [6.45, 7) is 5.60. The molecule has 0 amide bonds. The van der Waals surface area contributed by atoms with Gasteiger partial charge in [0, 0.05) is 11.8 Å². The van der Waals surface area contributed by atoms with Crippen LogP contribution in [0.25, 0.3) is 0 Å². The molecule has 1 saturated heterocycles. The molecule has 0 aromatic heterocycles. The first-order valence-corrected chi connectivity index (χ1v) is 8.73. The highest BCUT2D eigenvalue weighted by molar-refractivity contribution is 7.99. The zero-order valence-corrected chi connectivity index (χ0v) is 14.4. The molecular weight excluding hydrogens is 282 g/mol. The number of hydrogen-bond acceptors (Lipinski definition) is 4. The Bertz CT molecular complexity index is 456. The first kappa shape index (κ1) is 16.5. The van der Waals surface area contributed by atoms with E-state index in [-0.39, 0.29) is 0 Å². The summed E-state index contributed by atoms with van der Waals surface area (Å²) in [4.78, 5) is 1.17. The van der Waals surface area contributed by atoms with Crippen molar-refractivity contribution >= 4 is 11.8 Å². The summed E-state index contributed by atoms with van der Waals surface area (Å²) in [7, 11) is 3.50. The first-order valence-electron chi connectivity index (χ1n) is 7.75. The van der Waals surface area contributed by atoms with Gasteiger partial charge in [-0.15, -0.1) is 11.8 Å². The highest BCUT2D eigenvalue weighted by Crippen LogP contribution is 2.37. The second-order valence-electron chi connectivity index (χ2n) is 6.02. The van der Waals surface area contributed by atoms with Crippen molar-refractivity contribution in [3.05, 3.63) is 17.7 Å². The van der Waals surface area contributed by atoms with E-state index in [1.54, 1.807) is 14.2 Å². The van der Waals surface area contributed by atoms with Crippen molar-refractivity contribution in [1.82, 2.24) is 5.32 Å². The van der Waals surface area contributed by atoms with Gasteiger partial charge in [0.15, 0.2) is 0 Å². The fraction of sp³-hybridized carbons (Fsp3) is 0.647. The van der Waals surface area contributed by atoms with E-state index in [9.17, 15) is 0 Å². The fourth-order valence-electron chi connectivity index (χ4n) is 2.66. The van der Waals surface area contributed by atoms with Gasteiger partial charge in [-0.3, -0.25) is 0 Å². The van der Waals surface area contributed by atoms with Gasteiger partial charge in [0.05, 0.1) is 19.1 Å². The number of rotatable bonds is 7. The number of hydrogen-bond donors (Lipinski definition) is 1. The third-order valence-corrected chi connectivity index (χ3v) is 5.23. The minimum absolute atomic E-state index is 0.567. The maximum Gasteiger partial charge on any atom is 0.132 e. The van der Waals surface area contributed by atoms with Crippen molar-refractivity contribution < 1.29 is 9.47 Å². The average Bonchev–Trinajstić information content (AvgIpc) is 2.98. The number of thioether (sulfide) groups is 1. The molecule has 0 aliphatic carbocycles. The SMILES string of the molecule is COc1cc(SCC(C)C)c(OC)cc1CC1CCCN1. The van der Waals surface area contributed by atoms with Crippen LogP contribution in [0.2, 0.25) is 0 Å². The van der Waals surface area contributed by atoms with Crippen molar-refractivity contribution in [2.45, 2.75) is 44.0 Å². The molecule has 1 aromatic carbocycles. The maximum atomic E-state index is 5.61. The molecule has 0 bridgehead atoms. The molecule has 1 N–H and O–H groups in total. The lowest BCUT2D eigenvalue weighted by Crippen LogP contribution is -2.23. The molecule has 0 radical (unpaired) electrons. The summed E-state index contributed by atoms with van der Waals surface area (Å²) in [5.41, 5.74) is 1.24. The molecule has 1 fully saturated rings. The Kier molecular flexibility index (Phi) is 6.24. The summed E-state index contributed by atoms with van der Waals surface area (Å²) in [6, 6.07) is 4.86. The summed E-state index contributed by atoms with van der Waals surface area (Å²) >= 11 is 1.84. The predicted molar refractivity (Wildman–Crippen MR) is 89.8 cm³/mol. The predicted octanol–water partition coefficient (Wildman–Crippen LogP) is 3.75. The lowest BCUT2D eigenvalue weighted by atomic mass is 10.0. The van der Waals surface area contributed by atoms with E-state index in [0.29, 0.717) is 12.0 Å². The summed E-state index contributed by atoms with van der Waals surface area (Å²) in [5, 5.41) is 3.55. The monoisotopic (exact) mass is 309 g/mol. The molecule has 4 heteroatoms. The van der Waals surface area contributed by atoms with Gasteiger partial charge in [-0.25, -0.2) is 0 Å². The molecule has 1 unspecified atom stereocenters. The van der Waals surface area contributed by atoms with Crippen molar-refractivity contribution in [3.8, 4) is 11.5 Å². The van der Waals surface area contributed by atoms with Gasteiger partial charge < -0.3 is 14.8 Å². The molecule has 1 atom stereocenters. The van der Waals surface area contributed by atoms with Crippen LogP contribution in [-0.4, -0.2) is 32.6 Å². The Morgan fingerprint density at radius 1 is 1.24 bits per heavy atom. The van der Waals surface area contributed by atoms with Gasteiger partial charge in [0.2, 0.25) is 0 Å². The van der Waals surface area contributed by atoms with E-state index in [4.69, 9.17) is 9.47 Å². The van der Waals surface area contributed by atoms with Crippen LogP contribution in [0.3, 0.4) is 0 Å². The van der Waals surface area contributed by atoms with Crippen LogP contribution < -0.4 is 14.8 Å². The number of benzene rings is 1. The van der Waals surface area contributed by atoms with Crippen LogP contribution in [0.15, 0.2) is 17.0 Å². The normalized spacial score (nSPS) is 18.2. The fourth-order valence-corrected chi connectivity index (χ4v) is 3.65. The van der Waals surface area contributed by atoms with Gasteiger partial charge in [-0.05, 0) is 49.4 Å². The topological polar surface area (TPSA) is 30.5 Å². The standard InChI is InChI=1S/C17H27NO2S/c1-12(2)11-21-17-10-15(19-3)13(9-16(17)20-4)8-14-6-5-7-18-14/h9-10,12,14,18H,5-8,11H2,1-4H3. The largest absolute Gasteiger partial charge is 0.496 e. The Morgan fingerprint density at radius 2 is 2.00 bits per heavy atom. The Labute approximate surface area is 132 Å². The van der Waals surface area contributed by atoms with E-state index in [1.165, 1.54) is 23.3 Å². The second-order valence-corrected chi connectivity index (χ2v) is 7.08. The van der Waals surface area contributed by atoms with Gasteiger partial charge in [-0.2, -0.15) is 0 Å². The third-order valence-electron chi connectivity index (χ3n) is 3.77. The second kappa shape index (κ2) is 7.95. The smallest absolute Gasteiger partial charge is 0.132 e. The van der Waals surface area contributed by atoms with Crippen LogP contribution in [0.4, 0.5) is 0 Å². The van der Waals surface area contributed by atoms with Gasteiger partial charge >= 0.3 is 0 Å². The Hall–Kier alpha value is -0.870. The lowest BCUT2D eigenvalue weighted by Gasteiger charge is -2.17. The van der Waals surface area contributed by atoms with E-state index in [1.807, 2.05) is 11.8 Å². The molecule has 3 nitrogen and oxygen atoms in total. The van der Waals surface area contributed by atoms with Crippen LogP contribution in [-0.2, 0) is 6.42 Å². The molecule has 1 heterocycles. The van der Waals surface area contributed by atoms with Gasteiger partial charge in [0.1, 0.15) is 11.5 Å². The Morgan fingerprint density at radius 3 is 2.57 bits per heavy atom. The molecule has 1 aliphatic rings. The molecule has 21 heavy (non-hydrogen) atoms. The van der Waals surface area contributed by atoms with E-state index < -0.39 is 0 Å². The summed E-state index contributed by atoms with van der Waals surface area (Å²) in [5.74, 6) is 3.70. The van der Waals surface area contributed by atoms with Crippen molar-refractivity contribution in [2.75, 3.05) is 26.5 Å².